The third-order valence-electron chi connectivity index (χ3n) is 6.03. The second-order valence-electron chi connectivity index (χ2n) is 7.78. The summed E-state index contributed by atoms with van der Waals surface area (Å²) in [5.41, 5.74) is 4.84. The van der Waals surface area contributed by atoms with Crippen molar-refractivity contribution in [1.82, 2.24) is 9.63 Å². The molecule has 1 aliphatic heterocycles. The third kappa shape index (κ3) is 3.56. The summed E-state index contributed by atoms with van der Waals surface area (Å²) in [6.07, 6.45) is 0. The van der Waals surface area contributed by atoms with E-state index in [4.69, 9.17) is 9.47 Å². The molecule has 3 aromatic carbocycles. The summed E-state index contributed by atoms with van der Waals surface area (Å²) in [6, 6.07) is 26.3. The standard InChI is InChI=1S/C26H26N2O3/c1-30-21-11-7-10-20(18-21)25(27-14-16-31-17-15-27)24-22-12-5-6-13-23(22)28(29)26(24)19-8-3-2-4-9-19/h2-13,18,25,29H,14-17H2,1H3/t25-/m0/s1. The summed E-state index contributed by atoms with van der Waals surface area (Å²) in [6.45, 7) is 3.03. The summed E-state index contributed by atoms with van der Waals surface area (Å²) in [7, 11) is 1.69. The molecule has 0 saturated carbocycles. The summed E-state index contributed by atoms with van der Waals surface area (Å²) in [4.78, 5) is 2.44. The second kappa shape index (κ2) is 8.46. The zero-order chi connectivity index (χ0) is 21.2. The van der Waals surface area contributed by atoms with Crippen LogP contribution in [0.3, 0.4) is 0 Å². The van der Waals surface area contributed by atoms with Gasteiger partial charge in [-0.25, -0.2) is 0 Å². The monoisotopic (exact) mass is 414 g/mol. The molecule has 1 N–H and O–H groups in total. The van der Waals surface area contributed by atoms with E-state index in [1.165, 1.54) is 4.73 Å². The maximum atomic E-state index is 11.3. The van der Waals surface area contributed by atoms with Gasteiger partial charge in [-0.1, -0.05) is 60.7 Å². The van der Waals surface area contributed by atoms with Crippen LogP contribution in [0, 0.1) is 0 Å². The lowest BCUT2D eigenvalue weighted by atomic mass is 9.92. The van der Waals surface area contributed by atoms with Gasteiger partial charge in [0.05, 0.1) is 37.6 Å². The minimum Gasteiger partial charge on any atom is -0.497 e. The predicted molar refractivity (Wildman–Crippen MR) is 122 cm³/mol. The topological polar surface area (TPSA) is 46.9 Å². The maximum Gasteiger partial charge on any atom is 0.119 e. The molecule has 1 fully saturated rings. The van der Waals surface area contributed by atoms with E-state index in [2.05, 4.69) is 23.1 Å². The number of nitrogens with zero attached hydrogens (tertiary/aromatic N) is 2. The van der Waals surface area contributed by atoms with Crippen LogP contribution in [-0.2, 0) is 4.74 Å². The number of aromatic nitrogens is 1. The highest BCUT2D eigenvalue weighted by molar-refractivity contribution is 5.92. The van der Waals surface area contributed by atoms with Crippen molar-refractivity contribution in [2.45, 2.75) is 6.04 Å². The van der Waals surface area contributed by atoms with Crippen LogP contribution < -0.4 is 4.74 Å². The van der Waals surface area contributed by atoms with Gasteiger partial charge in [0.15, 0.2) is 0 Å². The van der Waals surface area contributed by atoms with Crippen molar-refractivity contribution in [1.29, 1.82) is 0 Å². The number of methoxy groups -OCH3 is 1. The zero-order valence-corrected chi connectivity index (χ0v) is 17.6. The molecule has 0 amide bonds. The van der Waals surface area contributed by atoms with Crippen molar-refractivity contribution in [2.24, 2.45) is 0 Å². The average Bonchev–Trinajstić information content (AvgIpc) is 3.13. The first-order chi connectivity index (χ1) is 15.3. The van der Waals surface area contributed by atoms with Gasteiger partial charge in [0.25, 0.3) is 0 Å². The molecule has 5 nitrogen and oxygen atoms in total. The molecular formula is C26H26N2O3. The van der Waals surface area contributed by atoms with Gasteiger partial charge in [0, 0.05) is 29.6 Å². The molecule has 31 heavy (non-hydrogen) atoms. The van der Waals surface area contributed by atoms with Crippen LogP contribution >= 0.6 is 0 Å². The Morgan fingerprint density at radius 1 is 0.903 bits per heavy atom. The molecule has 0 spiro atoms. The highest BCUT2D eigenvalue weighted by Gasteiger charge is 2.31. The Balaban J connectivity index is 1.80. The molecule has 0 unspecified atom stereocenters. The molecule has 4 aromatic rings. The first-order valence-electron chi connectivity index (χ1n) is 10.6. The van der Waals surface area contributed by atoms with Gasteiger partial charge in [-0.3, -0.25) is 4.90 Å². The lowest BCUT2D eigenvalue weighted by molar-refractivity contribution is 0.0241. The fraction of sp³-hybridized carbons (Fsp3) is 0.231. The Kier molecular flexibility index (Phi) is 5.37. The Morgan fingerprint density at radius 3 is 2.42 bits per heavy atom. The minimum atomic E-state index is -0.0486. The molecule has 0 bridgehead atoms. The summed E-state index contributed by atoms with van der Waals surface area (Å²) >= 11 is 0. The van der Waals surface area contributed by atoms with Crippen molar-refractivity contribution in [3.8, 4) is 17.0 Å². The van der Waals surface area contributed by atoms with E-state index in [1.54, 1.807) is 7.11 Å². The summed E-state index contributed by atoms with van der Waals surface area (Å²) in [5, 5.41) is 12.3. The van der Waals surface area contributed by atoms with Crippen molar-refractivity contribution in [3.63, 3.8) is 0 Å². The van der Waals surface area contributed by atoms with E-state index in [0.717, 1.165) is 52.1 Å². The van der Waals surface area contributed by atoms with E-state index in [0.29, 0.717) is 13.2 Å². The van der Waals surface area contributed by atoms with Gasteiger partial charge in [0.2, 0.25) is 0 Å². The molecule has 1 atom stereocenters. The molecule has 1 aliphatic rings. The SMILES string of the molecule is COc1cccc([C@@H](c2c(-c3ccccc3)n(O)c3ccccc23)N2CCOCC2)c1. The predicted octanol–water partition coefficient (Wildman–Crippen LogP) is 4.98. The van der Waals surface area contributed by atoms with E-state index in [1.807, 2.05) is 60.7 Å². The lowest BCUT2D eigenvalue weighted by Gasteiger charge is -2.35. The van der Waals surface area contributed by atoms with E-state index < -0.39 is 0 Å². The maximum absolute atomic E-state index is 11.3. The lowest BCUT2D eigenvalue weighted by Crippen LogP contribution is -2.39. The zero-order valence-electron chi connectivity index (χ0n) is 17.6. The van der Waals surface area contributed by atoms with Crippen LogP contribution in [0.2, 0.25) is 0 Å². The largest absolute Gasteiger partial charge is 0.497 e. The van der Waals surface area contributed by atoms with Crippen LogP contribution in [0.25, 0.3) is 22.2 Å². The van der Waals surface area contributed by atoms with Crippen LogP contribution in [0.5, 0.6) is 5.75 Å². The highest BCUT2D eigenvalue weighted by atomic mass is 16.5. The first kappa shape index (κ1) is 19.7. The number of ether oxygens (including phenoxy) is 2. The van der Waals surface area contributed by atoms with Gasteiger partial charge in [-0.15, -0.1) is 0 Å². The van der Waals surface area contributed by atoms with E-state index in [-0.39, 0.29) is 6.04 Å². The quantitative estimate of drug-likeness (QED) is 0.468. The van der Waals surface area contributed by atoms with Crippen molar-refractivity contribution >= 4 is 10.9 Å². The Hall–Kier alpha value is -3.28. The number of hydrogen-bond acceptors (Lipinski definition) is 4. The minimum absolute atomic E-state index is 0.0486. The van der Waals surface area contributed by atoms with Gasteiger partial charge in [-0.2, -0.15) is 4.73 Å². The molecule has 158 valence electrons. The third-order valence-corrected chi connectivity index (χ3v) is 6.03. The van der Waals surface area contributed by atoms with Gasteiger partial charge < -0.3 is 14.7 Å². The number of hydrogen-bond donors (Lipinski definition) is 1. The number of fused-ring (bicyclic) bond motifs is 1. The number of benzene rings is 3. The van der Waals surface area contributed by atoms with Gasteiger partial charge in [-0.05, 0) is 23.8 Å². The fourth-order valence-corrected chi connectivity index (χ4v) is 4.61. The Labute approximate surface area is 182 Å². The fourth-order valence-electron chi connectivity index (χ4n) is 4.61. The van der Waals surface area contributed by atoms with E-state index >= 15 is 0 Å². The molecule has 0 radical (unpaired) electrons. The number of para-hydroxylation sites is 1. The molecule has 5 heteroatoms. The molecule has 5 rings (SSSR count). The van der Waals surface area contributed by atoms with Crippen LogP contribution in [0.4, 0.5) is 0 Å². The van der Waals surface area contributed by atoms with Gasteiger partial charge in [0.1, 0.15) is 5.75 Å². The molecule has 2 heterocycles. The molecule has 0 aliphatic carbocycles. The Morgan fingerprint density at radius 2 is 1.65 bits per heavy atom. The van der Waals surface area contributed by atoms with Crippen molar-refractivity contribution in [2.75, 3.05) is 33.4 Å². The molecule has 1 aromatic heterocycles. The van der Waals surface area contributed by atoms with Crippen LogP contribution in [0.1, 0.15) is 17.2 Å². The molecule has 1 saturated heterocycles. The number of rotatable bonds is 5. The Bertz CT molecular complexity index is 1180. The second-order valence-corrected chi connectivity index (χ2v) is 7.78. The van der Waals surface area contributed by atoms with Crippen molar-refractivity contribution in [3.05, 3.63) is 90.0 Å². The van der Waals surface area contributed by atoms with Crippen LogP contribution in [0.15, 0.2) is 78.9 Å². The highest BCUT2D eigenvalue weighted by Crippen LogP contribution is 2.42. The molecular weight excluding hydrogens is 388 g/mol. The van der Waals surface area contributed by atoms with Crippen LogP contribution in [-0.4, -0.2) is 48.3 Å². The normalized spacial score (nSPS) is 15.8. The van der Waals surface area contributed by atoms with E-state index in [9.17, 15) is 5.21 Å². The summed E-state index contributed by atoms with van der Waals surface area (Å²) in [5.74, 6) is 0.824. The summed E-state index contributed by atoms with van der Waals surface area (Å²) < 4.78 is 12.5. The first-order valence-corrected chi connectivity index (χ1v) is 10.6. The van der Waals surface area contributed by atoms with Gasteiger partial charge >= 0.3 is 0 Å². The van der Waals surface area contributed by atoms with Crippen molar-refractivity contribution < 1.29 is 14.7 Å². The number of morpholine rings is 1. The average molecular weight is 415 g/mol. The smallest absolute Gasteiger partial charge is 0.119 e.